The van der Waals surface area contributed by atoms with Gasteiger partial charge in [-0.3, -0.25) is 9.79 Å². The number of nitrogens with zero attached hydrogens (tertiary/aromatic N) is 2. The summed E-state index contributed by atoms with van der Waals surface area (Å²) in [7, 11) is 2.18. The Morgan fingerprint density at radius 3 is 2.50 bits per heavy atom. The number of hydrogen-bond donors (Lipinski definition) is 2. The van der Waals surface area contributed by atoms with Gasteiger partial charge in [0.2, 0.25) is 5.91 Å². The summed E-state index contributed by atoms with van der Waals surface area (Å²) in [5.41, 5.74) is 15.7. The number of para-hydroxylation sites is 1. The van der Waals surface area contributed by atoms with Crippen LogP contribution >= 0.6 is 0 Å². The molecule has 1 heterocycles. The third-order valence-corrected chi connectivity index (χ3v) is 10.2. The number of unbranched alkanes of at least 4 members (excludes halogenated alkanes) is 4. The molecule has 1 amide bonds. The molecule has 4 rings (SSSR count). The van der Waals surface area contributed by atoms with E-state index in [2.05, 4.69) is 131 Å². The maximum absolute atomic E-state index is 12.3. The lowest BCUT2D eigenvalue weighted by molar-refractivity contribution is -0.121. The molecule has 0 atom stereocenters. The molecule has 1 aliphatic heterocycles. The lowest BCUT2D eigenvalue weighted by atomic mass is 9.77. The molecule has 0 radical (unpaired) electrons. The SMILES string of the molecule is Cc1ccccc1C(C)(C)C(/C=C/C1=CC(=C/C=C2/N(C)c3ccccc3C2(C)C)/CCC1)=NCCCCC(=O)NCCCCCCN. The molecule has 0 bridgehead atoms. The first-order valence-corrected chi connectivity index (χ1v) is 18.3. The van der Waals surface area contributed by atoms with Crippen molar-refractivity contribution in [1.29, 1.82) is 0 Å². The van der Waals surface area contributed by atoms with Crippen LogP contribution in [0.2, 0.25) is 0 Å². The number of likely N-dealkylation sites (N-methyl/N-ethyl adjacent to an activating group) is 1. The number of allylic oxidation sites excluding steroid dienone is 8. The topological polar surface area (TPSA) is 70.7 Å². The highest BCUT2D eigenvalue weighted by molar-refractivity contribution is 6.03. The van der Waals surface area contributed by atoms with Crippen molar-refractivity contribution in [2.45, 2.75) is 110 Å². The van der Waals surface area contributed by atoms with E-state index in [1.807, 2.05) is 0 Å². The Hall–Kier alpha value is -3.70. The standard InChI is InChI=1S/C43H60N4O/c1-33-18-9-10-21-36(33)42(2,3)39(45-30-16-13-24-41(48)46-31-15-8-7-14-29-44)27-25-34-19-17-20-35(32-34)26-28-40-43(4,5)37-22-11-12-23-38(37)47(40)6/h9-12,18,21-23,25-28,32H,7-8,13-17,19-20,24,29-31,44H2,1-6H3,(H,46,48)/b27-25+,35-26+,40-28+,45-39?. The van der Waals surface area contributed by atoms with E-state index in [9.17, 15) is 4.79 Å². The second kappa shape index (κ2) is 17.6. The third kappa shape index (κ3) is 9.69. The van der Waals surface area contributed by atoms with Crippen LogP contribution in [0.5, 0.6) is 0 Å². The van der Waals surface area contributed by atoms with Crippen molar-refractivity contribution >= 4 is 17.3 Å². The van der Waals surface area contributed by atoms with Crippen molar-refractivity contribution in [2.75, 3.05) is 31.6 Å². The van der Waals surface area contributed by atoms with Crippen molar-refractivity contribution in [1.82, 2.24) is 5.32 Å². The number of fused-ring (bicyclic) bond motifs is 1. The summed E-state index contributed by atoms with van der Waals surface area (Å²) in [5, 5.41) is 3.07. The number of anilines is 1. The molecular weight excluding hydrogens is 589 g/mol. The van der Waals surface area contributed by atoms with Crippen LogP contribution in [-0.4, -0.2) is 38.3 Å². The molecule has 2 aromatic carbocycles. The lowest BCUT2D eigenvalue weighted by Gasteiger charge is -2.28. The molecule has 0 unspecified atom stereocenters. The fourth-order valence-corrected chi connectivity index (χ4v) is 7.22. The smallest absolute Gasteiger partial charge is 0.219 e. The minimum Gasteiger partial charge on any atom is -0.356 e. The highest BCUT2D eigenvalue weighted by Gasteiger charge is 2.37. The maximum atomic E-state index is 12.3. The molecule has 0 saturated heterocycles. The minimum absolute atomic E-state index is 0.0236. The number of rotatable bonds is 16. The number of aliphatic imine (C=N–C) groups is 1. The molecule has 3 N–H and O–H groups in total. The molecule has 5 nitrogen and oxygen atoms in total. The molecule has 5 heteroatoms. The average Bonchev–Trinajstić information content (AvgIpc) is 3.26. The van der Waals surface area contributed by atoms with Gasteiger partial charge in [-0.25, -0.2) is 0 Å². The number of nitrogens with two attached hydrogens (primary N) is 1. The van der Waals surface area contributed by atoms with Gasteiger partial charge < -0.3 is 16.0 Å². The van der Waals surface area contributed by atoms with Gasteiger partial charge in [-0.05, 0) is 104 Å². The number of aryl methyl sites for hydroxylation is 1. The normalized spacial score (nSPS) is 18.1. The monoisotopic (exact) mass is 648 g/mol. The van der Waals surface area contributed by atoms with Gasteiger partial charge in [-0.15, -0.1) is 0 Å². The number of carbonyl (C=O) groups excluding carboxylic acids is 1. The molecule has 0 spiro atoms. The van der Waals surface area contributed by atoms with Gasteiger partial charge in [0, 0.05) is 54.5 Å². The van der Waals surface area contributed by atoms with Gasteiger partial charge in [-0.1, -0.05) is 101 Å². The van der Waals surface area contributed by atoms with Crippen LogP contribution in [-0.2, 0) is 15.6 Å². The van der Waals surface area contributed by atoms with E-state index < -0.39 is 0 Å². The zero-order valence-electron chi connectivity index (χ0n) is 30.6. The average molecular weight is 649 g/mol. The Bertz CT molecular complexity index is 1540. The number of benzene rings is 2. The molecule has 0 aromatic heterocycles. The Morgan fingerprint density at radius 2 is 1.73 bits per heavy atom. The van der Waals surface area contributed by atoms with Crippen LogP contribution in [0.4, 0.5) is 5.69 Å². The quantitative estimate of drug-likeness (QED) is 0.141. The van der Waals surface area contributed by atoms with Crippen LogP contribution in [0.1, 0.15) is 109 Å². The maximum Gasteiger partial charge on any atom is 0.219 e. The van der Waals surface area contributed by atoms with Crippen molar-refractivity contribution < 1.29 is 4.79 Å². The van der Waals surface area contributed by atoms with Crippen molar-refractivity contribution in [3.8, 4) is 0 Å². The molecule has 0 fully saturated rings. The van der Waals surface area contributed by atoms with Crippen molar-refractivity contribution in [3.63, 3.8) is 0 Å². The van der Waals surface area contributed by atoms with Crippen LogP contribution in [0.25, 0.3) is 0 Å². The number of hydrogen-bond acceptors (Lipinski definition) is 4. The largest absolute Gasteiger partial charge is 0.356 e. The molecule has 48 heavy (non-hydrogen) atoms. The summed E-state index contributed by atoms with van der Waals surface area (Å²) in [6, 6.07) is 17.4. The molecule has 0 saturated carbocycles. The van der Waals surface area contributed by atoms with Gasteiger partial charge in [0.1, 0.15) is 0 Å². The van der Waals surface area contributed by atoms with Gasteiger partial charge in [0.05, 0.1) is 0 Å². The summed E-state index contributed by atoms with van der Waals surface area (Å²) in [5.74, 6) is 0.148. The molecule has 1 aliphatic carbocycles. The van der Waals surface area contributed by atoms with E-state index in [1.54, 1.807) is 0 Å². The third-order valence-electron chi connectivity index (χ3n) is 10.2. The highest BCUT2D eigenvalue weighted by Crippen LogP contribution is 2.46. The molecular formula is C43H60N4O. The Kier molecular flexibility index (Phi) is 13.6. The van der Waals surface area contributed by atoms with E-state index in [0.717, 1.165) is 76.6 Å². The minimum atomic E-state index is -0.241. The first kappa shape index (κ1) is 37.1. The second-order valence-corrected chi connectivity index (χ2v) is 14.6. The van der Waals surface area contributed by atoms with E-state index >= 15 is 0 Å². The Balaban J connectivity index is 1.45. The first-order chi connectivity index (χ1) is 23.1. The zero-order chi connectivity index (χ0) is 34.6. The van der Waals surface area contributed by atoms with Crippen LogP contribution in [0.3, 0.4) is 0 Å². The number of nitrogens with one attached hydrogen (secondary N) is 1. The van der Waals surface area contributed by atoms with Gasteiger partial charge in [-0.2, -0.15) is 0 Å². The highest BCUT2D eigenvalue weighted by atomic mass is 16.1. The zero-order valence-corrected chi connectivity index (χ0v) is 30.6. The van der Waals surface area contributed by atoms with Crippen LogP contribution in [0.15, 0.2) is 101 Å². The van der Waals surface area contributed by atoms with Gasteiger partial charge in [0.25, 0.3) is 0 Å². The van der Waals surface area contributed by atoms with E-state index in [4.69, 9.17) is 10.7 Å². The van der Waals surface area contributed by atoms with E-state index in [0.29, 0.717) is 13.0 Å². The number of amides is 1. The molecule has 258 valence electrons. The van der Waals surface area contributed by atoms with Crippen LogP contribution in [0, 0.1) is 6.92 Å². The summed E-state index contributed by atoms with van der Waals surface area (Å²) in [6.07, 6.45) is 21.5. The predicted octanol–water partition coefficient (Wildman–Crippen LogP) is 9.42. The first-order valence-electron chi connectivity index (χ1n) is 18.3. The van der Waals surface area contributed by atoms with E-state index in [-0.39, 0.29) is 16.7 Å². The fraction of sp³-hybridized carbons (Fsp3) is 0.488. The summed E-state index contributed by atoms with van der Waals surface area (Å²) in [6.45, 7) is 13.6. The summed E-state index contributed by atoms with van der Waals surface area (Å²) >= 11 is 0. The fourth-order valence-electron chi connectivity index (χ4n) is 7.22. The predicted molar refractivity (Wildman–Crippen MR) is 206 cm³/mol. The Morgan fingerprint density at radius 1 is 0.979 bits per heavy atom. The van der Waals surface area contributed by atoms with Gasteiger partial charge in [0.15, 0.2) is 0 Å². The van der Waals surface area contributed by atoms with E-state index in [1.165, 1.54) is 39.2 Å². The number of carbonyl (C=O) groups is 1. The Labute approximate surface area is 291 Å². The summed E-state index contributed by atoms with van der Waals surface area (Å²) in [4.78, 5) is 19.9. The van der Waals surface area contributed by atoms with Gasteiger partial charge >= 0.3 is 0 Å². The summed E-state index contributed by atoms with van der Waals surface area (Å²) < 4.78 is 0. The lowest BCUT2D eigenvalue weighted by Crippen LogP contribution is -2.29. The van der Waals surface area contributed by atoms with Crippen molar-refractivity contribution in [2.24, 2.45) is 10.7 Å². The molecule has 2 aliphatic rings. The van der Waals surface area contributed by atoms with Crippen molar-refractivity contribution in [3.05, 3.63) is 112 Å². The van der Waals surface area contributed by atoms with Crippen LogP contribution < -0.4 is 16.0 Å². The molecule has 2 aromatic rings. The second-order valence-electron chi connectivity index (χ2n) is 14.6.